The van der Waals surface area contributed by atoms with Gasteiger partial charge in [0.15, 0.2) is 0 Å². The smallest absolute Gasteiger partial charge is 0.248 e. The molecule has 0 radical (unpaired) electrons. The second-order valence-corrected chi connectivity index (χ2v) is 4.48. The van der Waals surface area contributed by atoms with Crippen LogP contribution in [0.4, 0.5) is 0 Å². The van der Waals surface area contributed by atoms with Gasteiger partial charge in [0, 0.05) is 20.1 Å². The van der Waals surface area contributed by atoms with Crippen molar-refractivity contribution in [3.05, 3.63) is 35.9 Å². The van der Waals surface area contributed by atoms with E-state index in [2.05, 4.69) is 17.4 Å². The second kappa shape index (κ2) is 7.84. The summed E-state index contributed by atoms with van der Waals surface area (Å²) >= 11 is 0. The minimum absolute atomic E-state index is 0.00966. The van der Waals surface area contributed by atoms with Crippen LogP contribution in [0.1, 0.15) is 5.56 Å². The number of benzene rings is 1. The monoisotopic (exact) mass is 250 g/mol. The number of carbonyl (C=O) groups is 1. The molecule has 1 N–H and O–H groups in total. The molecule has 0 spiro atoms. The first-order chi connectivity index (χ1) is 8.63. The van der Waals surface area contributed by atoms with Crippen LogP contribution in [0.2, 0.25) is 0 Å². The van der Waals surface area contributed by atoms with Crippen molar-refractivity contribution in [1.29, 1.82) is 0 Å². The van der Waals surface area contributed by atoms with Crippen molar-refractivity contribution in [2.24, 2.45) is 0 Å². The highest BCUT2D eigenvalue weighted by atomic mass is 16.5. The summed E-state index contributed by atoms with van der Waals surface area (Å²) in [6.45, 7) is 0.672. The van der Waals surface area contributed by atoms with Gasteiger partial charge in [0.1, 0.15) is 6.61 Å². The Morgan fingerprint density at radius 1 is 1.33 bits per heavy atom. The zero-order chi connectivity index (χ0) is 13.4. The van der Waals surface area contributed by atoms with Gasteiger partial charge in [-0.15, -0.1) is 0 Å². The van der Waals surface area contributed by atoms with Crippen LogP contribution in [0.3, 0.4) is 0 Å². The average Bonchev–Trinajstić information content (AvgIpc) is 2.38. The summed E-state index contributed by atoms with van der Waals surface area (Å²) in [5.41, 5.74) is 1.26. The van der Waals surface area contributed by atoms with Gasteiger partial charge in [0.25, 0.3) is 0 Å². The van der Waals surface area contributed by atoms with Gasteiger partial charge in [-0.05, 0) is 19.0 Å². The Bertz CT molecular complexity index is 352. The Morgan fingerprint density at radius 3 is 2.56 bits per heavy atom. The minimum Gasteiger partial charge on any atom is -0.370 e. The predicted molar refractivity (Wildman–Crippen MR) is 72.5 cm³/mol. The predicted octanol–water partition coefficient (Wildman–Crippen LogP) is 0.922. The van der Waals surface area contributed by atoms with Gasteiger partial charge in [-0.2, -0.15) is 0 Å². The van der Waals surface area contributed by atoms with E-state index in [0.717, 1.165) is 6.42 Å². The largest absolute Gasteiger partial charge is 0.370 e. The van der Waals surface area contributed by atoms with E-state index in [0.29, 0.717) is 6.61 Å². The van der Waals surface area contributed by atoms with Gasteiger partial charge in [0.05, 0.1) is 6.61 Å². The maximum Gasteiger partial charge on any atom is 0.248 e. The molecular weight excluding hydrogens is 228 g/mol. The molecule has 0 unspecified atom stereocenters. The molecule has 0 saturated heterocycles. The molecule has 0 bridgehead atoms. The summed E-state index contributed by atoms with van der Waals surface area (Å²) in [4.78, 5) is 12.9. The highest BCUT2D eigenvalue weighted by Gasteiger charge is 2.09. The quantitative estimate of drug-likeness (QED) is 0.782. The van der Waals surface area contributed by atoms with Crippen LogP contribution in [0.15, 0.2) is 30.3 Å². The van der Waals surface area contributed by atoms with E-state index in [-0.39, 0.29) is 18.6 Å². The standard InChI is InChI=1S/C14H22N2O2/c1-15-13(9-12-7-5-4-6-8-12)10-18-11-14(17)16(2)3/h4-8,13,15H,9-11H2,1-3H3/t13-/m0/s1. The van der Waals surface area contributed by atoms with Crippen LogP contribution in [0.5, 0.6) is 0 Å². The third-order valence-corrected chi connectivity index (χ3v) is 2.78. The van der Waals surface area contributed by atoms with Crippen LogP contribution >= 0.6 is 0 Å². The van der Waals surface area contributed by atoms with Crippen molar-refractivity contribution in [3.8, 4) is 0 Å². The lowest BCUT2D eigenvalue weighted by Gasteiger charge is -2.17. The van der Waals surface area contributed by atoms with E-state index in [1.165, 1.54) is 10.5 Å². The van der Waals surface area contributed by atoms with Gasteiger partial charge in [0.2, 0.25) is 5.91 Å². The van der Waals surface area contributed by atoms with Crippen molar-refractivity contribution >= 4 is 5.91 Å². The number of likely N-dealkylation sites (N-methyl/N-ethyl adjacent to an activating group) is 2. The van der Waals surface area contributed by atoms with Crippen molar-refractivity contribution in [1.82, 2.24) is 10.2 Å². The molecule has 1 amide bonds. The van der Waals surface area contributed by atoms with E-state index < -0.39 is 0 Å². The molecule has 100 valence electrons. The van der Waals surface area contributed by atoms with E-state index >= 15 is 0 Å². The number of nitrogens with zero attached hydrogens (tertiary/aromatic N) is 1. The zero-order valence-electron chi connectivity index (χ0n) is 11.3. The van der Waals surface area contributed by atoms with E-state index in [4.69, 9.17) is 4.74 Å². The van der Waals surface area contributed by atoms with Crippen LogP contribution in [-0.4, -0.2) is 51.2 Å². The third kappa shape index (κ3) is 5.29. The number of hydrogen-bond donors (Lipinski definition) is 1. The van der Waals surface area contributed by atoms with Gasteiger partial charge < -0.3 is 15.0 Å². The maximum absolute atomic E-state index is 11.4. The van der Waals surface area contributed by atoms with E-state index in [9.17, 15) is 4.79 Å². The van der Waals surface area contributed by atoms with Gasteiger partial charge >= 0.3 is 0 Å². The molecule has 18 heavy (non-hydrogen) atoms. The first kappa shape index (κ1) is 14.7. The molecule has 0 aromatic heterocycles. The topological polar surface area (TPSA) is 41.6 Å². The first-order valence-corrected chi connectivity index (χ1v) is 6.12. The molecule has 0 heterocycles. The Kier molecular flexibility index (Phi) is 6.39. The fourth-order valence-corrected chi connectivity index (χ4v) is 1.56. The molecule has 4 heteroatoms. The Balaban J connectivity index is 2.32. The summed E-state index contributed by atoms with van der Waals surface area (Å²) in [6.07, 6.45) is 0.896. The highest BCUT2D eigenvalue weighted by Crippen LogP contribution is 2.03. The summed E-state index contributed by atoms with van der Waals surface area (Å²) < 4.78 is 5.43. The molecule has 1 rings (SSSR count). The molecule has 0 aliphatic rings. The Labute approximate surface area is 109 Å². The lowest BCUT2D eigenvalue weighted by molar-refractivity contribution is -0.133. The van der Waals surface area contributed by atoms with Crippen LogP contribution < -0.4 is 5.32 Å². The zero-order valence-corrected chi connectivity index (χ0v) is 11.3. The number of ether oxygens (including phenoxy) is 1. The lowest BCUT2D eigenvalue weighted by atomic mass is 10.1. The van der Waals surface area contributed by atoms with Crippen molar-refractivity contribution in [2.45, 2.75) is 12.5 Å². The summed E-state index contributed by atoms with van der Waals surface area (Å²) in [7, 11) is 5.36. The van der Waals surface area contributed by atoms with Crippen LogP contribution in [0, 0.1) is 0 Å². The second-order valence-electron chi connectivity index (χ2n) is 4.48. The van der Waals surface area contributed by atoms with E-state index in [1.807, 2.05) is 25.2 Å². The summed E-state index contributed by atoms with van der Waals surface area (Å²) in [5.74, 6) is -0.00966. The third-order valence-electron chi connectivity index (χ3n) is 2.78. The number of amides is 1. The van der Waals surface area contributed by atoms with Crippen molar-refractivity contribution in [3.63, 3.8) is 0 Å². The molecule has 0 aliphatic carbocycles. The van der Waals surface area contributed by atoms with Crippen molar-refractivity contribution in [2.75, 3.05) is 34.4 Å². The van der Waals surface area contributed by atoms with Crippen LogP contribution in [-0.2, 0) is 16.0 Å². The Hall–Kier alpha value is -1.39. The SMILES string of the molecule is CN[C@H](COCC(=O)N(C)C)Cc1ccccc1. The van der Waals surface area contributed by atoms with Gasteiger partial charge in [-0.3, -0.25) is 4.79 Å². The highest BCUT2D eigenvalue weighted by molar-refractivity contribution is 5.76. The number of hydrogen-bond acceptors (Lipinski definition) is 3. The molecule has 1 atom stereocenters. The number of carbonyl (C=O) groups excluding carboxylic acids is 1. The van der Waals surface area contributed by atoms with E-state index in [1.54, 1.807) is 14.1 Å². The normalized spacial score (nSPS) is 12.2. The van der Waals surface area contributed by atoms with Crippen LogP contribution in [0.25, 0.3) is 0 Å². The van der Waals surface area contributed by atoms with Gasteiger partial charge in [-0.25, -0.2) is 0 Å². The molecule has 1 aromatic rings. The molecule has 1 aromatic carbocycles. The number of nitrogens with one attached hydrogen (secondary N) is 1. The average molecular weight is 250 g/mol. The fraction of sp³-hybridized carbons (Fsp3) is 0.500. The fourth-order valence-electron chi connectivity index (χ4n) is 1.56. The lowest BCUT2D eigenvalue weighted by Crippen LogP contribution is -2.34. The first-order valence-electron chi connectivity index (χ1n) is 6.12. The molecule has 4 nitrogen and oxygen atoms in total. The molecular formula is C14H22N2O2. The summed E-state index contributed by atoms with van der Waals surface area (Å²) in [6, 6.07) is 10.5. The van der Waals surface area contributed by atoms with Gasteiger partial charge in [-0.1, -0.05) is 30.3 Å². The molecule has 0 fully saturated rings. The minimum atomic E-state index is -0.00966. The number of rotatable bonds is 7. The summed E-state index contributed by atoms with van der Waals surface area (Å²) in [5, 5.41) is 3.20. The molecule has 0 saturated carbocycles. The maximum atomic E-state index is 11.4. The molecule has 0 aliphatic heterocycles. The van der Waals surface area contributed by atoms with Crippen molar-refractivity contribution < 1.29 is 9.53 Å². The Morgan fingerprint density at radius 2 is 2.00 bits per heavy atom.